The molecule has 4 unspecified atom stereocenters. The van der Waals surface area contributed by atoms with Crippen LogP contribution in [0.5, 0.6) is 5.75 Å². The van der Waals surface area contributed by atoms with E-state index in [0.29, 0.717) is 30.4 Å². The fourth-order valence-electron chi connectivity index (χ4n) is 4.94. The number of allylic oxidation sites excluding steroid dienone is 1. The minimum atomic E-state index is -0.857. The SMILES string of the molecule is CC1=CC(O)C2C(C)(CCC2(OC(=O)c2ccc(O)cc2)C(C)C)CC1=O. The van der Waals surface area contributed by atoms with Crippen LogP contribution in [0.4, 0.5) is 0 Å². The van der Waals surface area contributed by atoms with Crippen molar-refractivity contribution in [3.05, 3.63) is 41.5 Å². The summed E-state index contributed by atoms with van der Waals surface area (Å²) >= 11 is 0. The number of aliphatic hydroxyl groups is 1. The van der Waals surface area contributed by atoms with E-state index in [2.05, 4.69) is 0 Å². The van der Waals surface area contributed by atoms with Gasteiger partial charge in [0.15, 0.2) is 5.78 Å². The monoisotopic (exact) mass is 372 g/mol. The van der Waals surface area contributed by atoms with Crippen LogP contribution in [-0.2, 0) is 9.53 Å². The highest BCUT2D eigenvalue weighted by Crippen LogP contribution is 2.58. The molecule has 0 saturated heterocycles. The Morgan fingerprint density at radius 3 is 2.44 bits per heavy atom. The van der Waals surface area contributed by atoms with E-state index < -0.39 is 23.1 Å². The number of esters is 1. The lowest BCUT2D eigenvalue weighted by molar-refractivity contribution is -0.123. The molecule has 0 heterocycles. The second-order valence-corrected chi connectivity index (χ2v) is 8.62. The number of phenols is 1. The Hall–Kier alpha value is -2.14. The highest BCUT2D eigenvalue weighted by molar-refractivity contribution is 5.95. The molecule has 2 aliphatic carbocycles. The van der Waals surface area contributed by atoms with E-state index >= 15 is 0 Å². The molecule has 27 heavy (non-hydrogen) atoms. The Morgan fingerprint density at radius 1 is 1.22 bits per heavy atom. The Kier molecular flexibility index (Phi) is 4.93. The Balaban J connectivity index is 2.00. The van der Waals surface area contributed by atoms with E-state index in [1.807, 2.05) is 20.8 Å². The zero-order valence-electron chi connectivity index (χ0n) is 16.4. The summed E-state index contributed by atoms with van der Waals surface area (Å²) in [6.07, 6.45) is 2.44. The minimum Gasteiger partial charge on any atom is -0.508 e. The van der Waals surface area contributed by atoms with Crippen LogP contribution in [-0.4, -0.2) is 33.7 Å². The lowest BCUT2D eigenvalue weighted by atomic mass is 9.67. The lowest BCUT2D eigenvalue weighted by Crippen LogP contribution is -2.51. The maximum atomic E-state index is 12.9. The van der Waals surface area contributed by atoms with Gasteiger partial charge >= 0.3 is 5.97 Å². The number of carbonyl (C=O) groups is 2. The molecule has 146 valence electrons. The van der Waals surface area contributed by atoms with Gasteiger partial charge in [0, 0.05) is 12.3 Å². The number of phenolic OH excluding ortho intramolecular Hbond substituents is 1. The van der Waals surface area contributed by atoms with Gasteiger partial charge in [-0.15, -0.1) is 0 Å². The molecule has 3 rings (SSSR count). The molecular weight excluding hydrogens is 344 g/mol. The predicted octanol–water partition coefficient (Wildman–Crippen LogP) is 3.64. The Bertz CT molecular complexity index is 778. The zero-order chi connectivity index (χ0) is 20.0. The van der Waals surface area contributed by atoms with Crippen LogP contribution in [0.3, 0.4) is 0 Å². The summed E-state index contributed by atoms with van der Waals surface area (Å²) in [6, 6.07) is 5.94. The average Bonchev–Trinajstić information content (AvgIpc) is 2.84. The molecule has 5 heteroatoms. The third-order valence-corrected chi connectivity index (χ3v) is 6.49. The zero-order valence-corrected chi connectivity index (χ0v) is 16.4. The summed E-state index contributed by atoms with van der Waals surface area (Å²) in [4.78, 5) is 25.3. The van der Waals surface area contributed by atoms with Crippen molar-refractivity contribution < 1.29 is 24.5 Å². The smallest absolute Gasteiger partial charge is 0.338 e. The molecule has 0 amide bonds. The molecule has 1 aromatic rings. The van der Waals surface area contributed by atoms with Crippen molar-refractivity contribution in [3.63, 3.8) is 0 Å². The quantitative estimate of drug-likeness (QED) is 0.792. The highest BCUT2D eigenvalue weighted by Gasteiger charge is 2.61. The summed E-state index contributed by atoms with van der Waals surface area (Å²) in [5.74, 6) is -0.730. The molecule has 0 bridgehead atoms. The van der Waals surface area contributed by atoms with Crippen LogP contribution in [0, 0.1) is 17.3 Å². The van der Waals surface area contributed by atoms with Crippen molar-refractivity contribution >= 4 is 11.8 Å². The number of benzene rings is 1. The number of ketones is 1. The summed E-state index contributed by atoms with van der Waals surface area (Å²) in [7, 11) is 0. The maximum Gasteiger partial charge on any atom is 0.338 e. The second-order valence-electron chi connectivity index (χ2n) is 8.62. The largest absolute Gasteiger partial charge is 0.508 e. The van der Waals surface area contributed by atoms with E-state index in [1.165, 1.54) is 24.3 Å². The number of aromatic hydroxyl groups is 1. The molecule has 4 atom stereocenters. The van der Waals surface area contributed by atoms with Gasteiger partial charge in [0.1, 0.15) is 11.4 Å². The second kappa shape index (κ2) is 6.79. The summed E-state index contributed by atoms with van der Waals surface area (Å²) < 4.78 is 6.10. The maximum absolute atomic E-state index is 12.9. The number of aliphatic hydroxyl groups excluding tert-OH is 1. The standard InChI is InChI=1S/C22H28O5/c1-13(2)22(27-20(26)15-5-7-16(23)8-6-15)10-9-21(4)12-18(25)14(3)11-17(24)19(21)22/h5-8,11,13,17,19,23-24H,9-10,12H2,1-4H3. The van der Waals surface area contributed by atoms with Crippen LogP contribution in [0.2, 0.25) is 0 Å². The van der Waals surface area contributed by atoms with Crippen molar-refractivity contribution in [1.82, 2.24) is 0 Å². The first kappa shape index (κ1) is 19.6. The number of ether oxygens (including phenoxy) is 1. The van der Waals surface area contributed by atoms with Gasteiger partial charge in [0.2, 0.25) is 0 Å². The molecule has 0 radical (unpaired) electrons. The van der Waals surface area contributed by atoms with Gasteiger partial charge < -0.3 is 14.9 Å². The Labute approximate surface area is 160 Å². The molecule has 0 aliphatic heterocycles. The number of hydrogen-bond donors (Lipinski definition) is 2. The summed E-state index contributed by atoms with van der Waals surface area (Å²) in [5.41, 5.74) is -0.359. The van der Waals surface area contributed by atoms with Gasteiger partial charge in [-0.05, 0) is 67.0 Å². The number of carbonyl (C=O) groups excluding carboxylic acids is 2. The molecule has 1 fully saturated rings. The fourth-order valence-corrected chi connectivity index (χ4v) is 4.94. The summed E-state index contributed by atoms with van der Waals surface area (Å²) in [6.45, 7) is 7.73. The molecule has 1 aromatic carbocycles. The van der Waals surface area contributed by atoms with Crippen molar-refractivity contribution in [2.24, 2.45) is 17.3 Å². The third-order valence-electron chi connectivity index (χ3n) is 6.49. The van der Waals surface area contributed by atoms with Gasteiger partial charge in [-0.25, -0.2) is 4.79 Å². The molecule has 0 aromatic heterocycles. The Morgan fingerprint density at radius 2 is 1.85 bits per heavy atom. The van der Waals surface area contributed by atoms with Gasteiger partial charge in [-0.1, -0.05) is 20.8 Å². The average molecular weight is 372 g/mol. The topological polar surface area (TPSA) is 83.8 Å². The molecule has 2 N–H and O–H groups in total. The van der Waals surface area contributed by atoms with Crippen molar-refractivity contribution in [2.75, 3.05) is 0 Å². The predicted molar refractivity (Wildman–Crippen MR) is 101 cm³/mol. The van der Waals surface area contributed by atoms with E-state index in [1.54, 1.807) is 13.0 Å². The van der Waals surface area contributed by atoms with Crippen molar-refractivity contribution in [2.45, 2.75) is 58.7 Å². The van der Waals surface area contributed by atoms with Crippen LogP contribution >= 0.6 is 0 Å². The van der Waals surface area contributed by atoms with Crippen LogP contribution in [0.1, 0.15) is 57.3 Å². The highest BCUT2D eigenvalue weighted by atomic mass is 16.6. The van der Waals surface area contributed by atoms with Gasteiger partial charge in [-0.3, -0.25) is 4.79 Å². The molecule has 0 spiro atoms. The van der Waals surface area contributed by atoms with Crippen LogP contribution in [0.25, 0.3) is 0 Å². The van der Waals surface area contributed by atoms with Gasteiger partial charge in [-0.2, -0.15) is 0 Å². The van der Waals surface area contributed by atoms with Gasteiger partial charge in [0.05, 0.1) is 11.7 Å². The molecule has 1 saturated carbocycles. The molecule has 2 aliphatic rings. The minimum absolute atomic E-state index is 0.0260. The lowest BCUT2D eigenvalue weighted by Gasteiger charge is -2.44. The third kappa shape index (κ3) is 3.29. The van der Waals surface area contributed by atoms with E-state index in [9.17, 15) is 19.8 Å². The van der Waals surface area contributed by atoms with E-state index in [4.69, 9.17) is 4.74 Å². The van der Waals surface area contributed by atoms with Gasteiger partial charge in [0.25, 0.3) is 0 Å². The van der Waals surface area contributed by atoms with Crippen LogP contribution in [0.15, 0.2) is 35.9 Å². The number of rotatable bonds is 3. The number of hydrogen-bond acceptors (Lipinski definition) is 5. The number of Topliss-reactive ketones (excluding diaryl/α,β-unsaturated/α-hetero) is 1. The first-order chi connectivity index (χ1) is 12.6. The van der Waals surface area contributed by atoms with E-state index in [-0.39, 0.29) is 23.4 Å². The summed E-state index contributed by atoms with van der Waals surface area (Å²) in [5, 5.41) is 20.4. The van der Waals surface area contributed by atoms with Crippen molar-refractivity contribution in [3.8, 4) is 5.75 Å². The first-order valence-electron chi connectivity index (χ1n) is 9.51. The van der Waals surface area contributed by atoms with E-state index in [0.717, 1.165) is 0 Å². The number of fused-ring (bicyclic) bond motifs is 1. The molecular formula is C22H28O5. The van der Waals surface area contributed by atoms with Crippen molar-refractivity contribution in [1.29, 1.82) is 0 Å². The normalized spacial score (nSPS) is 33.4. The fraction of sp³-hybridized carbons (Fsp3) is 0.545. The molecule has 5 nitrogen and oxygen atoms in total. The van der Waals surface area contributed by atoms with Crippen LogP contribution < -0.4 is 0 Å². The first-order valence-corrected chi connectivity index (χ1v) is 9.51.